The molecule has 0 atom stereocenters. The monoisotopic (exact) mass is 348 g/mol. The molecule has 1 aliphatic carbocycles. The van der Waals surface area contributed by atoms with Crippen molar-refractivity contribution in [3.63, 3.8) is 0 Å². The summed E-state index contributed by atoms with van der Waals surface area (Å²) < 4.78 is 1.07. The number of rotatable bonds is 5. The van der Waals surface area contributed by atoms with E-state index in [2.05, 4.69) is 37.0 Å². The van der Waals surface area contributed by atoms with Gasteiger partial charge in [0.2, 0.25) is 0 Å². The fraction of sp³-hybridized carbons (Fsp3) is 0.333. The summed E-state index contributed by atoms with van der Waals surface area (Å²) in [6.07, 6.45) is 4.70. The summed E-state index contributed by atoms with van der Waals surface area (Å²) in [4.78, 5) is 6.85. The molecule has 1 aromatic carbocycles. The number of amidine groups is 1. The number of nitrogens with two attached hydrogens (primary N) is 1. The Hall–Kier alpha value is -1.82. The number of hydrogen-bond donors (Lipinski definition) is 2. The van der Waals surface area contributed by atoms with Gasteiger partial charge in [0.1, 0.15) is 11.7 Å². The summed E-state index contributed by atoms with van der Waals surface area (Å²) in [7, 11) is 0. The highest BCUT2D eigenvalue weighted by atomic mass is 79.9. The molecule has 0 spiro atoms. The number of fused-ring (bicyclic) bond motifs is 1. The summed E-state index contributed by atoms with van der Waals surface area (Å²) in [5.74, 6) is 1.23. The molecule has 1 aliphatic rings. The van der Waals surface area contributed by atoms with Crippen molar-refractivity contribution >= 4 is 38.4 Å². The molecule has 1 heterocycles. The number of aromatic nitrogens is 1. The Bertz CT molecular complexity index is 684. The summed E-state index contributed by atoms with van der Waals surface area (Å²) >= 11 is 3.59. The highest BCUT2D eigenvalue weighted by Crippen LogP contribution is 2.36. The number of nitrogens with zero attached hydrogens (tertiary/aromatic N) is 3. The highest BCUT2D eigenvalue weighted by molar-refractivity contribution is 9.10. The minimum atomic E-state index is 0.252. The number of pyridine rings is 1. The Morgan fingerprint density at radius 1 is 1.38 bits per heavy atom. The van der Waals surface area contributed by atoms with Crippen LogP contribution in [0.25, 0.3) is 10.8 Å². The van der Waals surface area contributed by atoms with Crippen molar-refractivity contribution in [2.75, 3.05) is 11.4 Å². The summed E-state index contributed by atoms with van der Waals surface area (Å²) in [6.45, 7) is 0.708. The predicted molar refractivity (Wildman–Crippen MR) is 87.8 cm³/mol. The summed E-state index contributed by atoms with van der Waals surface area (Å²) in [5.41, 5.74) is 5.60. The van der Waals surface area contributed by atoms with Crippen LogP contribution in [0.4, 0.5) is 5.82 Å². The third-order valence-electron chi connectivity index (χ3n) is 3.73. The SMILES string of the molecule is N/C(CCN(c1nccc2c(Br)cccc12)C1CC1)=N/O. The van der Waals surface area contributed by atoms with Gasteiger partial charge in [0.15, 0.2) is 0 Å². The van der Waals surface area contributed by atoms with Gasteiger partial charge in [-0.05, 0) is 25.0 Å². The van der Waals surface area contributed by atoms with Crippen LogP contribution >= 0.6 is 15.9 Å². The van der Waals surface area contributed by atoms with Crippen molar-refractivity contribution in [3.05, 3.63) is 34.9 Å². The lowest BCUT2D eigenvalue weighted by molar-refractivity contribution is 0.317. The topological polar surface area (TPSA) is 74.7 Å². The molecule has 1 aromatic heterocycles. The van der Waals surface area contributed by atoms with Crippen molar-refractivity contribution in [2.45, 2.75) is 25.3 Å². The van der Waals surface area contributed by atoms with Crippen LogP contribution in [0.3, 0.4) is 0 Å². The Labute approximate surface area is 131 Å². The molecule has 2 aromatic rings. The second-order valence-electron chi connectivity index (χ2n) is 5.24. The van der Waals surface area contributed by atoms with E-state index in [0.717, 1.165) is 21.1 Å². The average molecular weight is 349 g/mol. The Kier molecular flexibility index (Phi) is 3.96. The number of halogens is 1. The first-order chi connectivity index (χ1) is 10.2. The van der Waals surface area contributed by atoms with E-state index in [4.69, 9.17) is 10.9 Å². The van der Waals surface area contributed by atoms with E-state index in [9.17, 15) is 0 Å². The predicted octanol–water partition coefficient (Wildman–Crippen LogP) is 3.10. The van der Waals surface area contributed by atoms with E-state index in [1.54, 1.807) is 0 Å². The molecule has 5 nitrogen and oxygen atoms in total. The van der Waals surface area contributed by atoms with Crippen molar-refractivity contribution in [3.8, 4) is 0 Å². The maximum absolute atomic E-state index is 8.70. The van der Waals surface area contributed by atoms with Crippen molar-refractivity contribution in [1.82, 2.24) is 4.98 Å². The highest BCUT2D eigenvalue weighted by Gasteiger charge is 2.30. The summed E-state index contributed by atoms with van der Waals surface area (Å²) in [6, 6.07) is 8.66. The van der Waals surface area contributed by atoms with E-state index < -0.39 is 0 Å². The van der Waals surface area contributed by atoms with Crippen LogP contribution in [0.2, 0.25) is 0 Å². The van der Waals surface area contributed by atoms with Gasteiger partial charge in [0, 0.05) is 40.4 Å². The first-order valence-electron chi connectivity index (χ1n) is 6.97. The molecule has 21 heavy (non-hydrogen) atoms. The molecular formula is C15H17BrN4O. The van der Waals surface area contributed by atoms with Gasteiger partial charge in [-0.25, -0.2) is 4.98 Å². The lowest BCUT2D eigenvalue weighted by Gasteiger charge is -2.24. The van der Waals surface area contributed by atoms with Crippen LogP contribution in [0.5, 0.6) is 0 Å². The van der Waals surface area contributed by atoms with Gasteiger partial charge in [0.25, 0.3) is 0 Å². The van der Waals surface area contributed by atoms with E-state index in [1.807, 2.05) is 24.4 Å². The van der Waals surface area contributed by atoms with Crippen molar-refractivity contribution in [2.24, 2.45) is 10.9 Å². The molecule has 1 saturated carbocycles. The lowest BCUT2D eigenvalue weighted by atomic mass is 10.1. The Morgan fingerprint density at radius 2 is 2.19 bits per heavy atom. The molecule has 110 valence electrons. The molecule has 0 radical (unpaired) electrons. The van der Waals surface area contributed by atoms with Gasteiger partial charge in [0.05, 0.1) is 0 Å². The maximum Gasteiger partial charge on any atom is 0.140 e. The van der Waals surface area contributed by atoms with Crippen LogP contribution in [0.15, 0.2) is 40.1 Å². The second kappa shape index (κ2) is 5.89. The van der Waals surface area contributed by atoms with Crippen LogP contribution in [0, 0.1) is 0 Å². The van der Waals surface area contributed by atoms with Gasteiger partial charge in [-0.1, -0.05) is 33.2 Å². The molecule has 0 amide bonds. The molecule has 0 saturated heterocycles. The van der Waals surface area contributed by atoms with Gasteiger partial charge >= 0.3 is 0 Å². The zero-order valence-corrected chi connectivity index (χ0v) is 13.1. The lowest BCUT2D eigenvalue weighted by Crippen LogP contribution is -2.31. The molecule has 0 aliphatic heterocycles. The molecule has 0 bridgehead atoms. The van der Waals surface area contributed by atoms with E-state index in [1.165, 1.54) is 12.8 Å². The first kappa shape index (κ1) is 14.1. The minimum absolute atomic E-state index is 0.252. The third kappa shape index (κ3) is 2.95. The Morgan fingerprint density at radius 3 is 2.90 bits per heavy atom. The van der Waals surface area contributed by atoms with E-state index >= 15 is 0 Å². The van der Waals surface area contributed by atoms with Crippen molar-refractivity contribution < 1.29 is 5.21 Å². The molecule has 3 N–H and O–H groups in total. The van der Waals surface area contributed by atoms with Gasteiger partial charge in [-0.2, -0.15) is 0 Å². The van der Waals surface area contributed by atoms with Gasteiger partial charge < -0.3 is 15.8 Å². The molecule has 3 rings (SSSR count). The summed E-state index contributed by atoms with van der Waals surface area (Å²) in [5, 5.41) is 14.0. The first-order valence-corrected chi connectivity index (χ1v) is 7.76. The van der Waals surface area contributed by atoms with E-state index in [-0.39, 0.29) is 5.84 Å². The maximum atomic E-state index is 8.70. The quantitative estimate of drug-likeness (QED) is 0.376. The normalized spacial score (nSPS) is 15.4. The average Bonchev–Trinajstić information content (AvgIpc) is 3.33. The van der Waals surface area contributed by atoms with Crippen LogP contribution in [-0.4, -0.2) is 28.6 Å². The number of anilines is 1. The van der Waals surface area contributed by atoms with Gasteiger partial charge in [-0.15, -0.1) is 0 Å². The van der Waals surface area contributed by atoms with Crippen molar-refractivity contribution in [1.29, 1.82) is 0 Å². The number of benzene rings is 1. The van der Waals surface area contributed by atoms with Gasteiger partial charge in [-0.3, -0.25) is 0 Å². The smallest absolute Gasteiger partial charge is 0.140 e. The zero-order chi connectivity index (χ0) is 14.8. The standard InChI is InChI=1S/C15H17BrN4O/c16-13-3-1-2-12-11(13)6-8-18-15(12)20(10-4-5-10)9-7-14(17)19-21/h1-3,6,8,10,21H,4-5,7,9H2,(H2,17,19). The van der Waals surface area contributed by atoms with Crippen LogP contribution < -0.4 is 10.6 Å². The number of hydrogen-bond acceptors (Lipinski definition) is 4. The fourth-order valence-corrected chi connectivity index (χ4v) is 3.01. The molecular weight excluding hydrogens is 332 g/mol. The van der Waals surface area contributed by atoms with Crippen LogP contribution in [-0.2, 0) is 0 Å². The molecule has 1 fully saturated rings. The number of oxime groups is 1. The fourth-order valence-electron chi connectivity index (χ4n) is 2.51. The van der Waals surface area contributed by atoms with Crippen LogP contribution in [0.1, 0.15) is 19.3 Å². The zero-order valence-electron chi connectivity index (χ0n) is 11.5. The van der Waals surface area contributed by atoms with E-state index in [0.29, 0.717) is 19.0 Å². The molecule has 0 unspecified atom stereocenters. The molecule has 6 heteroatoms. The minimum Gasteiger partial charge on any atom is -0.409 e. The largest absolute Gasteiger partial charge is 0.409 e. The Balaban J connectivity index is 1.98. The second-order valence-corrected chi connectivity index (χ2v) is 6.09. The third-order valence-corrected chi connectivity index (χ3v) is 4.42.